The third kappa shape index (κ3) is 1.94. The largest absolute Gasteiger partial charge is 0.508 e. The predicted molar refractivity (Wildman–Crippen MR) is 84.1 cm³/mol. The van der Waals surface area contributed by atoms with Gasteiger partial charge >= 0.3 is 0 Å². The molecule has 0 radical (unpaired) electrons. The molecule has 5 nitrogen and oxygen atoms in total. The summed E-state index contributed by atoms with van der Waals surface area (Å²) in [5.41, 5.74) is 2.46. The quantitative estimate of drug-likeness (QED) is 0.923. The monoisotopic (exact) mass is 293 g/mol. The molecule has 2 aromatic carbocycles. The lowest BCUT2D eigenvalue weighted by Gasteiger charge is -2.36. The van der Waals surface area contributed by atoms with Crippen LogP contribution in [0.3, 0.4) is 0 Å². The van der Waals surface area contributed by atoms with E-state index in [0.29, 0.717) is 31.2 Å². The summed E-state index contributed by atoms with van der Waals surface area (Å²) in [5.74, 6) is 0.713. The number of rotatable bonds is 2. The number of aliphatic imine (C=N–C) groups is 1. The van der Waals surface area contributed by atoms with Gasteiger partial charge in [0, 0.05) is 6.54 Å². The molecule has 1 N–H and O–H groups in total. The van der Waals surface area contributed by atoms with Crippen molar-refractivity contribution >= 4 is 17.6 Å². The van der Waals surface area contributed by atoms with E-state index in [1.54, 1.807) is 17.0 Å². The summed E-state index contributed by atoms with van der Waals surface area (Å²) < 4.78 is 0. The van der Waals surface area contributed by atoms with Gasteiger partial charge in [-0.1, -0.05) is 30.3 Å². The van der Waals surface area contributed by atoms with E-state index in [2.05, 4.69) is 17.1 Å². The number of carbonyl (C=O) groups is 1. The van der Waals surface area contributed by atoms with Crippen molar-refractivity contribution in [3.8, 4) is 5.75 Å². The van der Waals surface area contributed by atoms with Gasteiger partial charge in [0.15, 0.2) is 0 Å². The molecule has 0 bridgehead atoms. The molecule has 22 heavy (non-hydrogen) atoms. The first kappa shape index (κ1) is 12.9. The smallest absolute Gasteiger partial charge is 0.262 e. The van der Waals surface area contributed by atoms with Crippen molar-refractivity contribution in [3.63, 3.8) is 0 Å². The molecule has 0 fully saturated rings. The number of carbonyl (C=O) groups excluding carboxylic acids is 1. The molecule has 0 saturated heterocycles. The van der Waals surface area contributed by atoms with Gasteiger partial charge in [-0.25, -0.2) is 0 Å². The molecule has 5 heteroatoms. The maximum atomic E-state index is 12.6. The molecule has 0 spiro atoms. The Labute approximate surface area is 128 Å². The van der Waals surface area contributed by atoms with Crippen molar-refractivity contribution in [1.29, 1.82) is 0 Å². The zero-order valence-corrected chi connectivity index (χ0v) is 11.9. The highest BCUT2D eigenvalue weighted by molar-refractivity contribution is 6.19. The van der Waals surface area contributed by atoms with Crippen LogP contribution in [0, 0.1) is 0 Å². The van der Waals surface area contributed by atoms with Crippen molar-refractivity contribution < 1.29 is 9.90 Å². The normalized spacial score (nSPS) is 16.4. The lowest BCUT2D eigenvalue weighted by molar-refractivity contribution is 0.0851. The van der Waals surface area contributed by atoms with Crippen LogP contribution in [0.1, 0.15) is 15.9 Å². The van der Waals surface area contributed by atoms with E-state index in [0.717, 1.165) is 11.3 Å². The fourth-order valence-corrected chi connectivity index (χ4v) is 2.96. The molecule has 1 amide bonds. The van der Waals surface area contributed by atoms with Crippen LogP contribution in [0.2, 0.25) is 0 Å². The molecule has 0 unspecified atom stereocenters. The number of aromatic hydroxyl groups is 1. The number of guanidine groups is 1. The van der Waals surface area contributed by atoms with Gasteiger partial charge in [-0.15, -0.1) is 0 Å². The highest BCUT2D eigenvalue weighted by Gasteiger charge is 2.37. The average Bonchev–Trinajstić information content (AvgIpc) is 3.02. The average molecular weight is 293 g/mol. The summed E-state index contributed by atoms with van der Waals surface area (Å²) in [6.07, 6.45) is 0. The third-order valence-corrected chi connectivity index (χ3v) is 3.99. The van der Waals surface area contributed by atoms with Crippen molar-refractivity contribution in [2.75, 3.05) is 18.0 Å². The van der Waals surface area contributed by atoms with Crippen molar-refractivity contribution in [1.82, 2.24) is 4.90 Å². The number of benzene rings is 2. The Bertz CT molecular complexity index is 771. The number of nitrogens with zero attached hydrogens (tertiary/aromatic N) is 3. The minimum absolute atomic E-state index is 0.0912. The van der Waals surface area contributed by atoms with Crippen molar-refractivity contribution in [2.45, 2.75) is 6.54 Å². The van der Waals surface area contributed by atoms with Crippen LogP contribution in [-0.4, -0.2) is 35.0 Å². The first-order valence-electron chi connectivity index (χ1n) is 7.25. The molecule has 2 aliphatic heterocycles. The van der Waals surface area contributed by atoms with Crippen LogP contribution >= 0.6 is 0 Å². The molecule has 2 aromatic rings. The topological polar surface area (TPSA) is 56.1 Å². The predicted octanol–water partition coefficient (Wildman–Crippen LogP) is 2.22. The molecule has 0 aliphatic carbocycles. The summed E-state index contributed by atoms with van der Waals surface area (Å²) in [6.45, 7) is 1.85. The first-order valence-corrected chi connectivity index (χ1v) is 7.25. The number of phenolic OH excluding ortho intramolecular Hbond substituents is 1. The highest BCUT2D eigenvalue weighted by Crippen LogP contribution is 2.33. The second-order valence-electron chi connectivity index (χ2n) is 5.41. The van der Waals surface area contributed by atoms with Gasteiger partial charge in [0.1, 0.15) is 5.75 Å². The molecule has 0 aromatic heterocycles. The van der Waals surface area contributed by atoms with Crippen LogP contribution in [0.5, 0.6) is 5.75 Å². The summed E-state index contributed by atoms with van der Waals surface area (Å²) in [4.78, 5) is 20.8. The van der Waals surface area contributed by atoms with Crippen LogP contribution in [0.15, 0.2) is 53.5 Å². The Morgan fingerprint density at radius 1 is 1.14 bits per heavy atom. The van der Waals surface area contributed by atoms with E-state index >= 15 is 0 Å². The zero-order chi connectivity index (χ0) is 15.1. The second kappa shape index (κ2) is 4.87. The fraction of sp³-hybridized carbons (Fsp3) is 0.176. The molecule has 4 rings (SSSR count). The Balaban J connectivity index is 1.82. The summed E-state index contributed by atoms with van der Waals surface area (Å²) in [7, 11) is 0. The van der Waals surface area contributed by atoms with Crippen LogP contribution in [-0.2, 0) is 6.54 Å². The molecule has 110 valence electrons. The second-order valence-corrected chi connectivity index (χ2v) is 5.41. The van der Waals surface area contributed by atoms with E-state index in [1.807, 2.05) is 23.1 Å². The Morgan fingerprint density at radius 2 is 1.95 bits per heavy atom. The lowest BCUT2D eigenvalue weighted by Crippen LogP contribution is -2.49. The maximum absolute atomic E-state index is 12.6. The Kier molecular flexibility index (Phi) is 2.85. The van der Waals surface area contributed by atoms with E-state index in [9.17, 15) is 9.90 Å². The van der Waals surface area contributed by atoms with E-state index < -0.39 is 0 Å². The van der Waals surface area contributed by atoms with Crippen molar-refractivity contribution in [3.05, 3.63) is 59.7 Å². The molecule has 2 heterocycles. The number of fused-ring (bicyclic) bond motifs is 2. The molecule has 0 saturated carbocycles. The van der Waals surface area contributed by atoms with Gasteiger partial charge in [0.05, 0.1) is 24.3 Å². The lowest BCUT2D eigenvalue weighted by atomic mass is 10.1. The number of amides is 1. The number of hydrogen-bond acceptors (Lipinski definition) is 4. The summed E-state index contributed by atoms with van der Waals surface area (Å²) in [6, 6.07) is 15.0. The van der Waals surface area contributed by atoms with Crippen molar-refractivity contribution in [2.24, 2.45) is 4.99 Å². The maximum Gasteiger partial charge on any atom is 0.262 e. The van der Waals surface area contributed by atoms with Crippen LogP contribution in [0.4, 0.5) is 5.69 Å². The Morgan fingerprint density at radius 3 is 2.77 bits per heavy atom. The van der Waals surface area contributed by atoms with Gasteiger partial charge in [-0.2, -0.15) is 0 Å². The highest BCUT2D eigenvalue weighted by atomic mass is 16.3. The SMILES string of the molecule is O=C1c2cc(O)ccc2N(Cc2ccccc2)C2=NCCN12. The van der Waals surface area contributed by atoms with Gasteiger partial charge < -0.3 is 10.0 Å². The first-order chi connectivity index (χ1) is 10.7. The van der Waals surface area contributed by atoms with Gasteiger partial charge in [-0.05, 0) is 23.8 Å². The van der Waals surface area contributed by atoms with Gasteiger partial charge in [0.2, 0.25) is 5.96 Å². The van der Waals surface area contributed by atoms with Gasteiger partial charge in [-0.3, -0.25) is 14.7 Å². The van der Waals surface area contributed by atoms with E-state index in [4.69, 9.17) is 0 Å². The fourth-order valence-electron chi connectivity index (χ4n) is 2.96. The summed E-state index contributed by atoms with van der Waals surface area (Å²) in [5, 5.41) is 9.70. The Hall–Kier alpha value is -2.82. The minimum Gasteiger partial charge on any atom is -0.508 e. The molecular formula is C17H15N3O2. The molecule has 0 atom stereocenters. The number of hydrogen-bond donors (Lipinski definition) is 1. The molecule has 2 aliphatic rings. The summed E-state index contributed by atoms with van der Waals surface area (Å²) >= 11 is 0. The van der Waals surface area contributed by atoms with Gasteiger partial charge in [0.25, 0.3) is 5.91 Å². The van der Waals surface area contributed by atoms with Crippen LogP contribution in [0.25, 0.3) is 0 Å². The minimum atomic E-state index is -0.0912. The standard InChI is InChI=1S/C17H15N3O2/c21-13-6-7-15-14(10-13)16(22)19-9-8-18-17(19)20(15)11-12-4-2-1-3-5-12/h1-7,10,21H,8-9,11H2. The zero-order valence-electron chi connectivity index (χ0n) is 11.9. The molecular weight excluding hydrogens is 278 g/mol. The van der Waals surface area contributed by atoms with E-state index in [1.165, 1.54) is 6.07 Å². The van der Waals surface area contributed by atoms with Crippen LogP contribution < -0.4 is 4.90 Å². The van der Waals surface area contributed by atoms with E-state index in [-0.39, 0.29) is 11.7 Å². The number of phenols is 1. The number of anilines is 1. The third-order valence-electron chi connectivity index (χ3n) is 3.99.